The number of halogens is 1. The first-order chi connectivity index (χ1) is 8.74. The molecule has 1 aliphatic carbocycles. The average Bonchev–Trinajstić information content (AvgIpc) is 2.65. The van der Waals surface area contributed by atoms with E-state index in [-0.39, 0.29) is 0 Å². The van der Waals surface area contributed by atoms with Crippen LogP contribution in [0.4, 0.5) is 5.82 Å². The summed E-state index contributed by atoms with van der Waals surface area (Å²) in [5, 5.41) is 3.92. The lowest BCUT2D eigenvalue weighted by molar-refractivity contribution is 0.279. The molecule has 18 heavy (non-hydrogen) atoms. The number of hydrogen-bond acceptors (Lipinski definition) is 3. The summed E-state index contributed by atoms with van der Waals surface area (Å²) < 4.78 is 6.44. The normalized spacial score (nSPS) is 15.6. The van der Waals surface area contributed by atoms with Crippen molar-refractivity contribution in [2.75, 3.05) is 5.73 Å². The lowest BCUT2D eigenvalue weighted by Crippen LogP contribution is -2.13. The fourth-order valence-electron chi connectivity index (χ4n) is 2.39. The molecule has 0 unspecified atom stereocenters. The number of rotatable bonds is 3. The molecule has 1 saturated carbocycles. The fraction of sp³-hybridized carbons (Fsp3) is 0.357. The molecular weight excluding hydrogens is 292 g/mol. The quantitative estimate of drug-likeness (QED) is 0.931. The number of benzene rings is 1. The summed E-state index contributed by atoms with van der Waals surface area (Å²) in [5.74, 6) is 2.15. The van der Waals surface area contributed by atoms with Crippen molar-refractivity contribution in [3.05, 3.63) is 34.5 Å². The molecular formula is C14H15BrN2O. The molecule has 3 nitrogen and oxygen atoms in total. The Morgan fingerprint density at radius 3 is 2.89 bits per heavy atom. The van der Waals surface area contributed by atoms with Crippen LogP contribution in [0.25, 0.3) is 11.1 Å². The van der Waals surface area contributed by atoms with Gasteiger partial charge in [-0.3, -0.25) is 0 Å². The van der Waals surface area contributed by atoms with Crippen molar-refractivity contribution < 1.29 is 4.52 Å². The molecule has 1 aromatic heterocycles. The Morgan fingerprint density at radius 1 is 1.39 bits per heavy atom. The van der Waals surface area contributed by atoms with Gasteiger partial charge in [0.2, 0.25) is 0 Å². The van der Waals surface area contributed by atoms with Gasteiger partial charge in [0.05, 0.1) is 5.56 Å². The largest absolute Gasteiger partial charge is 0.380 e. The Hall–Kier alpha value is -1.29. The van der Waals surface area contributed by atoms with Crippen LogP contribution in [0, 0.1) is 5.92 Å². The number of nitrogens with zero attached hydrogens (tertiary/aromatic N) is 1. The highest BCUT2D eigenvalue weighted by Gasteiger charge is 2.23. The van der Waals surface area contributed by atoms with Gasteiger partial charge in [0.25, 0.3) is 0 Å². The van der Waals surface area contributed by atoms with Crippen LogP contribution in [0.15, 0.2) is 33.3 Å². The third kappa shape index (κ3) is 2.17. The van der Waals surface area contributed by atoms with Crippen molar-refractivity contribution in [3.8, 4) is 11.1 Å². The molecule has 1 aliphatic rings. The first kappa shape index (κ1) is 11.8. The molecule has 0 bridgehead atoms. The van der Waals surface area contributed by atoms with Crippen LogP contribution >= 0.6 is 15.9 Å². The monoisotopic (exact) mass is 306 g/mol. The highest BCUT2D eigenvalue weighted by Crippen LogP contribution is 2.36. The molecule has 0 aliphatic heterocycles. The van der Waals surface area contributed by atoms with Gasteiger partial charge in [0, 0.05) is 10.9 Å². The van der Waals surface area contributed by atoms with E-state index in [9.17, 15) is 0 Å². The average molecular weight is 307 g/mol. The number of anilines is 1. The molecule has 0 saturated heterocycles. The summed E-state index contributed by atoms with van der Waals surface area (Å²) in [7, 11) is 0. The van der Waals surface area contributed by atoms with Crippen LogP contribution in [0.3, 0.4) is 0 Å². The van der Waals surface area contributed by atoms with Crippen LogP contribution in [0.2, 0.25) is 0 Å². The van der Waals surface area contributed by atoms with Crippen molar-refractivity contribution in [2.45, 2.75) is 25.7 Å². The van der Waals surface area contributed by atoms with Crippen LogP contribution < -0.4 is 5.73 Å². The van der Waals surface area contributed by atoms with Gasteiger partial charge >= 0.3 is 0 Å². The maximum atomic E-state index is 5.94. The summed E-state index contributed by atoms with van der Waals surface area (Å²) >= 11 is 3.48. The molecule has 0 atom stereocenters. The van der Waals surface area contributed by atoms with Gasteiger partial charge in [-0.15, -0.1) is 0 Å². The maximum absolute atomic E-state index is 5.94. The Labute approximate surface area is 114 Å². The van der Waals surface area contributed by atoms with Gasteiger partial charge in [-0.05, 0) is 23.6 Å². The summed E-state index contributed by atoms with van der Waals surface area (Å²) in [6.45, 7) is 0. The third-order valence-corrected chi connectivity index (χ3v) is 4.09. The lowest BCUT2D eigenvalue weighted by Gasteiger charge is -2.24. The predicted molar refractivity (Wildman–Crippen MR) is 75.1 cm³/mol. The van der Waals surface area contributed by atoms with Gasteiger partial charge in [-0.2, -0.15) is 0 Å². The molecule has 2 N–H and O–H groups in total. The molecule has 1 aromatic carbocycles. The van der Waals surface area contributed by atoms with E-state index in [0.29, 0.717) is 5.82 Å². The van der Waals surface area contributed by atoms with Gasteiger partial charge in [0.15, 0.2) is 5.82 Å². The molecule has 1 heterocycles. The van der Waals surface area contributed by atoms with E-state index >= 15 is 0 Å². The number of nitrogens with two attached hydrogens (primary N) is 1. The van der Waals surface area contributed by atoms with Crippen LogP contribution in [0.5, 0.6) is 0 Å². The zero-order valence-electron chi connectivity index (χ0n) is 10.0. The highest BCUT2D eigenvalue weighted by molar-refractivity contribution is 9.10. The van der Waals surface area contributed by atoms with Crippen molar-refractivity contribution in [1.29, 1.82) is 0 Å². The first-order valence-corrected chi connectivity index (χ1v) is 7.03. The van der Waals surface area contributed by atoms with E-state index < -0.39 is 0 Å². The first-order valence-electron chi connectivity index (χ1n) is 6.24. The summed E-state index contributed by atoms with van der Waals surface area (Å²) in [6, 6.07) is 8.09. The Bertz CT molecular complexity index is 561. The number of nitrogen functional groups attached to an aromatic ring is 1. The fourth-order valence-corrected chi connectivity index (χ4v) is 2.79. The van der Waals surface area contributed by atoms with Crippen LogP contribution in [0.1, 0.15) is 25.0 Å². The maximum Gasteiger partial charge on any atom is 0.175 e. The minimum Gasteiger partial charge on any atom is -0.380 e. The minimum atomic E-state index is 0.488. The van der Waals surface area contributed by atoms with Gasteiger partial charge in [-0.25, -0.2) is 0 Å². The standard InChI is InChI=1S/C14H15BrN2O/c15-11-6-2-5-10(8-11)13-12(18-17-14(13)16)7-9-3-1-4-9/h2,5-6,8-9H,1,3-4,7H2,(H2,16,17). The van der Waals surface area contributed by atoms with Crippen molar-refractivity contribution in [2.24, 2.45) is 5.92 Å². The third-order valence-electron chi connectivity index (χ3n) is 3.60. The van der Waals surface area contributed by atoms with Gasteiger partial charge in [-0.1, -0.05) is 52.5 Å². The Morgan fingerprint density at radius 2 is 2.22 bits per heavy atom. The molecule has 0 spiro atoms. The van der Waals surface area contributed by atoms with Gasteiger partial charge < -0.3 is 10.3 Å². The summed E-state index contributed by atoms with van der Waals surface area (Å²) in [6.07, 6.45) is 4.86. The molecule has 1 fully saturated rings. The van der Waals surface area contributed by atoms with Crippen LogP contribution in [-0.4, -0.2) is 5.16 Å². The van der Waals surface area contributed by atoms with E-state index in [0.717, 1.165) is 33.7 Å². The molecule has 94 valence electrons. The Balaban J connectivity index is 1.96. The lowest BCUT2D eigenvalue weighted by atomic mass is 9.81. The highest BCUT2D eigenvalue weighted by atomic mass is 79.9. The molecule has 4 heteroatoms. The van der Waals surface area contributed by atoms with E-state index in [4.69, 9.17) is 10.3 Å². The number of aromatic nitrogens is 1. The second-order valence-corrected chi connectivity index (χ2v) is 5.79. The minimum absolute atomic E-state index is 0.488. The topological polar surface area (TPSA) is 52.0 Å². The van der Waals surface area contributed by atoms with Crippen LogP contribution in [-0.2, 0) is 6.42 Å². The molecule has 2 aromatic rings. The van der Waals surface area contributed by atoms with Crippen molar-refractivity contribution >= 4 is 21.7 Å². The summed E-state index contributed by atoms with van der Waals surface area (Å²) in [5.41, 5.74) is 7.97. The Kier molecular flexibility index (Phi) is 3.12. The predicted octanol–water partition coefficient (Wildman–Crippen LogP) is 4.03. The van der Waals surface area contributed by atoms with E-state index in [1.165, 1.54) is 19.3 Å². The van der Waals surface area contributed by atoms with E-state index in [2.05, 4.69) is 21.1 Å². The molecule has 0 amide bonds. The summed E-state index contributed by atoms with van der Waals surface area (Å²) in [4.78, 5) is 0. The molecule has 3 rings (SSSR count). The zero-order chi connectivity index (χ0) is 12.5. The van der Waals surface area contributed by atoms with Gasteiger partial charge in [0.1, 0.15) is 5.76 Å². The van der Waals surface area contributed by atoms with E-state index in [1.54, 1.807) is 0 Å². The second-order valence-electron chi connectivity index (χ2n) is 4.88. The van der Waals surface area contributed by atoms with Crippen molar-refractivity contribution in [3.63, 3.8) is 0 Å². The second kappa shape index (κ2) is 4.76. The number of hydrogen-bond donors (Lipinski definition) is 1. The zero-order valence-corrected chi connectivity index (χ0v) is 11.6. The molecule has 0 radical (unpaired) electrons. The van der Waals surface area contributed by atoms with E-state index in [1.807, 2.05) is 24.3 Å². The SMILES string of the molecule is Nc1noc(CC2CCC2)c1-c1cccc(Br)c1. The smallest absolute Gasteiger partial charge is 0.175 e. The van der Waals surface area contributed by atoms with Crippen molar-refractivity contribution in [1.82, 2.24) is 5.16 Å².